The normalized spacial score (nSPS) is 13.2. The van der Waals surface area contributed by atoms with Crippen molar-refractivity contribution < 1.29 is 23.1 Å². The number of anilines is 2. The van der Waals surface area contributed by atoms with E-state index in [0.717, 1.165) is 12.1 Å². The molecule has 1 heterocycles. The van der Waals surface area contributed by atoms with Gasteiger partial charge in [0, 0.05) is 31.3 Å². The van der Waals surface area contributed by atoms with E-state index in [0.29, 0.717) is 18.0 Å². The number of amides is 2. The number of nitrogens with zero attached hydrogens (tertiary/aromatic N) is 2. The Labute approximate surface area is 149 Å². The Morgan fingerprint density at radius 3 is 2.69 bits per heavy atom. The quantitative estimate of drug-likeness (QED) is 0.823. The van der Waals surface area contributed by atoms with Crippen molar-refractivity contribution in [3.63, 3.8) is 0 Å². The van der Waals surface area contributed by atoms with Gasteiger partial charge in [-0.1, -0.05) is 12.1 Å². The van der Waals surface area contributed by atoms with Crippen LogP contribution < -0.4 is 14.5 Å². The largest absolute Gasteiger partial charge is 0.482 e. The summed E-state index contributed by atoms with van der Waals surface area (Å²) < 4.78 is 31.9. The maximum absolute atomic E-state index is 13.5. The minimum Gasteiger partial charge on any atom is -0.482 e. The fourth-order valence-corrected chi connectivity index (χ4v) is 2.90. The summed E-state index contributed by atoms with van der Waals surface area (Å²) >= 11 is 0. The minimum absolute atomic E-state index is 0.0485. The summed E-state index contributed by atoms with van der Waals surface area (Å²) in [4.78, 5) is 27.6. The Morgan fingerprint density at radius 2 is 1.96 bits per heavy atom. The van der Waals surface area contributed by atoms with E-state index in [1.807, 2.05) is 0 Å². The molecule has 0 radical (unpaired) electrons. The number of ether oxygens (including phenoxy) is 1. The molecule has 0 saturated heterocycles. The summed E-state index contributed by atoms with van der Waals surface area (Å²) in [5.74, 6) is -1.89. The maximum Gasteiger partial charge on any atom is 0.265 e. The molecule has 0 aromatic heterocycles. The molecule has 136 valence electrons. The van der Waals surface area contributed by atoms with E-state index in [-0.39, 0.29) is 37.1 Å². The Kier molecular flexibility index (Phi) is 5.16. The lowest BCUT2D eigenvalue weighted by Gasteiger charge is -2.30. The summed E-state index contributed by atoms with van der Waals surface area (Å²) in [6, 6.07) is 10.4. The van der Waals surface area contributed by atoms with Crippen LogP contribution in [0.5, 0.6) is 5.75 Å². The van der Waals surface area contributed by atoms with E-state index in [4.69, 9.17) is 4.74 Å². The average Bonchev–Trinajstić information content (AvgIpc) is 2.64. The molecule has 1 aliphatic rings. The van der Waals surface area contributed by atoms with Crippen molar-refractivity contribution in [2.24, 2.45) is 0 Å². The Hall–Kier alpha value is -2.96. The van der Waals surface area contributed by atoms with Crippen molar-refractivity contribution in [3.05, 3.63) is 54.1 Å². The predicted molar refractivity (Wildman–Crippen MR) is 93.3 cm³/mol. The smallest absolute Gasteiger partial charge is 0.265 e. The number of hydrogen-bond donors (Lipinski definition) is 0. The van der Waals surface area contributed by atoms with Gasteiger partial charge < -0.3 is 14.5 Å². The summed E-state index contributed by atoms with van der Waals surface area (Å²) in [5, 5.41) is 0. The predicted octanol–water partition coefficient (Wildman–Crippen LogP) is 3.13. The number of halogens is 2. The topological polar surface area (TPSA) is 49.9 Å². The Morgan fingerprint density at radius 1 is 1.19 bits per heavy atom. The van der Waals surface area contributed by atoms with Gasteiger partial charge in [0.2, 0.25) is 5.91 Å². The zero-order valence-electron chi connectivity index (χ0n) is 14.2. The van der Waals surface area contributed by atoms with Crippen molar-refractivity contribution in [1.29, 1.82) is 0 Å². The molecule has 7 heteroatoms. The van der Waals surface area contributed by atoms with Gasteiger partial charge in [-0.15, -0.1) is 0 Å². The number of rotatable bonds is 5. The molecule has 0 saturated carbocycles. The molecule has 0 atom stereocenters. The van der Waals surface area contributed by atoms with Crippen LogP contribution in [-0.2, 0) is 9.59 Å². The highest BCUT2D eigenvalue weighted by Crippen LogP contribution is 2.31. The lowest BCUT2D eigenvalue weighted by atomic mass is 10.2. The lowest BCUT2D eigenvalue weighted by molar-refractivity contribution is -0.121. The van der Waals surface area contributed by atoms with E-state index in [9.17, 15) is 18.4 Å². The minimum atomic E-state index is -1.01. The van der Waals surface area contributed by atoms with Crippen molar-refractivity contribution in [3.8, 4) is 5.75 Å². The molecule has 0 N–H and O–H groups in total. The standard InChI is InChI=1S/C19H18F2N2O3/c1-2-22(13-7-8-14(20)15(21)11-13)18(24)9-10-23-16-5-3-4-6-17(16)26-12-19(23)25/h3-8,11H,2,9-10,12H2,1H3. The Bertz CT molecular complexity index is 841. The van der Waals surface area contributed by atoms with Gasteiger partial charge in [-0.2, -0.15) is 0 Å². The highest BCUT2D eigenvalue weighted by atomic mass is 19.2. The zero-order valence-corrected chi connectivity index (χ0v) is 14.2. The third kappa shape index (κ3) is 3.51. The number of fused-ring (bicyclic) bond motifs is 1. The SMILES string of the molecule is CCN(C(=O)CCN1C(=O)COc2ccccc21)c1ccc(F)c(F)c1. The number of hydrogen-bond acceptors (Lipinski definition) is 3. The van der Waals surface area contributed by atoms with Gasteiger partial charge in [0.1, 0.15) is 5.75 Å². The molecule has 2 aromatic rings. The third-order valence-electron chi connectivity index (χ3n) is 4.19. The Balaban J connectivity index is 1.73. The molecule has 5 nitrogen and oxygen atoms in total. The van der Waals surface area contributed by atoms with E-state index < -0.39 is 11.6 Å². The lowest BCUT2D eigenvalue weighted by Crippen LogP contribution is -2.41. The fraction of sp³-hybridized carbons (Fsp3) is 0.263. The molecule has 0 spiro atoms. The molecule has 0 unspecified atom stereocenters. The van der Waals surface area contributed by atoms with E-state index >= 15 is 0 Å². The second kappa shape index (κ2) is 7.51. The second-order valence-electron chi connectivity index (χ2n) is 5.79. The van der Waals surface area contributed by atoms with E-state index in [1.54, 1.807) is 31.2 Å². The van der Waals surface area contributed by atoms with Crippen molar-refractivity contribution in [1.82, 2.24) is 0 Å². The average molecular weight is 360 g/mol. The van der Waals surface area contributed by atoms with Crippen LogP contribution >= 0.6 is 0 Å². The van der Waals surface area contributed by atoms with Gasteiger partial charge in [0.15, 0.2) is 18.2 Å². The van der Waals surface area contributed by atoms with Crippen LogP contribution in [0.2, 0.25) is 0 Å². The summed E-state index contributed by atoms with van der Waals surface area (Å²) in [6.45, 7) is 2.15. The summed E-state index contributed by atoms with van der Waals surface area (Å²) in [5.41, 5.74) is 0.900. The third-order valence-corrected chi connectivity index (χ3v) is 4.19. The number of carbonyl (C=O) groups is 2. The van der Waals surface area contributed by atoms with Crippen LogP contribution in [0.1, 0.15) is 13.3 Å². The number of benzene rings is 2. The van der Waals surface area contributed by atoms with Gasteiger partial charge in [0.25, 0.3) is 5.91 Å². The van der Waals surface area contributed by atoms with Gasteiger partial charge in [0.05, 0.1) is 5.69 Å². The first kappa shape index (κ1) is 17.8. The molecular formula is C19H18F2N2O3. The first-order valence-electron chi connectivity index (χ1n) is 8.29. The van der Waals surface area contributed by atoms with Gasteiger partial charge >= 0.3 is 0 Å². The van der Waals surface area contributed by atoms with Gasteiger partial charge in [-0.3, -0.25) is 9.59 Å². The van der Waals surface area contributed by atoms with Crippen LogP contribution in [0.25, 0.3) is 0 Å². The van der Waals surface area contributed by atoms with Crippen LogP contribution in [0.3, 0.4) is 0 Å². The molecular weight excluding hydrogens is 342 g/mol. The van der Waals surface area contributed by atoms with Crippen LogP contribution in [0.4, 0.5) is 20.2 Å². The van der Waals surface area contributed by atoms with Crippen molar-refractivity contribution >= 4 is 23.2 Å². The molecule has 2 aromatic carbocycles. The van der Waals surface area contributed by atoms with E-state index in [1.165, 1.54) is 15.9 Å². The molecule has 0 aliphatic carbocycles. The number of carbonyl (C=O) groups excluding carboxylic acids is 2. The highest BCUT2D eigenvalue weighted by Gasteiger charge is 2.26. The maximum atomic E-state index is 13.5. The van der Waals surface area contributed by atoms with E-state index in [2.05, 4.69) is 0 Å². The summed E-state index contributed by atoms with van der Waals surface area (Å²) in [6.07, 6.45) is 0.0485. The van der Waals surface area contributed by atoms with Crippen molar-refractivity contribution in [2.45, 2.75) is 13.3 Å². The molecule has 1 aliphatic heterocycles. The monoisotopic (exact) mass is 360 g/mol. The van der Waals surface area contributed by atoms with Crippen LogP contribution in [-0.4, -0.2) is 31.5 Å². The summed E-state index contributed by atoms with van der Waals surface area (Å²) in [7, 11) is 0. The number of para-hydroxylation sites is 2. The molecule has 3 rings (SSSR count). The molecule has 0 fully saturated rings. The zero-order chi connectivity index (χ0) is 18.7. The highest BCUT2D eigenvalue weighted by molar-refractivity contribution is 5.99. The second-order valence-corrected chi connectivity index (χ2v) is 5.79. The molecule has 0 bridgehead atoms. The van der Waals surface area contributed by atoms with Crippen LogP contribution in [0, 0.1) is 11.6 Å². The van der Waals surface area contributed by atoms with Gasteiger partial charge in [-0.05, 0) is 31.2 Å². The van der Waals surface area contributed by atoms with Crippen molar-refractivity contribution in [2.75, 3.05) is 29.5 Å². The first-order chi connectivity index (χ1) is 12.5. The molecule has 26 heavy (non-hydrogen) atoms. The molecule has 2 amide bonds. The van der Waals surface area contributed by atoms with Gasteiger partial charge in [-0.25, -0.2) is 8.78 Å². The van der Waals surface area contributed by atoms with Crippen LogP contribution in [0.15, 0.2) is 42.5 Å². The first-order valence-corrected chi connectivity index (χ1v) is 8.29. The fourth-order valence-electron chi connectivity index (χ4n) is 2.90.